The van der Waals surface area contributed by atoms with Crippen LogP contribution in [0.3, 0.4) is 0 Å². The van der Waals surface area contributed by atoms with E-state index in [1.54, 1.807) is 7.05 Å². The van der Waals surface area contributed by atoms with E-state index in [1.165, 1.54) is 4.90 Å². The lowest BCUT2D eigenvalue weighted by Gasteiger charge is -2.38. The zero-order valence-corrected chi connectivity index (χ0v) is 9.32. The van der Waals surface area contributed by atoms with Gasteiger partial charge in [0.25, 0.3) is 0 Å². The summed E-state index contributed by atoms with van der Waals surface area (Å²) >= 11 is 0. The molecule has 0 unspecified atom stereocenters. The van der Waals surface area contributed by atoms with Gasteiger partial charge in [-0.1, -0.05) is 13.8 Å². The van der Waals surface area contributed by atoms with Gasteiger partial charge in [-0.25, -0.2) is 0 Å². The number of rotatable bonds is 4. The number of nitrogens with zero attached hydrogens (tertiary/aromatic N) is 1. The molecule has 0 aromatic carbocycles. The molecule has 1 rings (SSSR count). The molecule has 5 heteroatoms. The second kappa shape index (κ2) is 4.18. The second-order valence-corrected chi connectivity index (χ2v) is 4.46. The standard InChI is InChI=1S/C10H17NO4/c1-7(2)4-11(3)8(12)10(9(13)14)5-15-6-10/h7H,4-6H2,1-3H3,(H,13,14). The van der Waals surface area contributed by atoms with Crippen LogP contribution >= 0.6 is 0 Å². The van der Waals surface area contributed by atoms with Crippen molar-refractivity contribution in [1.82, 2.24) is 4.90 Å². The molecular weight excluding hydrogens is 198 g/mol. The third-order valence-corrected chi connectivity index (χ3v) is 2.50. The summed E-state index contributed by atoms with van der Waals surface area (Å²) in [4.78, 5) is 24.4. The Morgan fingerprint density at radius 1 is 1.47 bits per heavy atom. The van der Waals surface area contributed by atoms with E-state index >= 15 is 0 Å². The van der Waals surface area contributed by atoms with Gasteiger partial charge in [-0.2, -0.15) is 0 Å². The highest BCUT2D eigenvalue weighted by atomic mass is 16.5. The molecular formula is C10H17NO4. The molecule has 1 aliphatic rings. The minimum atomic E-state index is -1.33. The van der Waals surface area contributed by atoms with Crippen molar-refractivity contribution in [3.63, 3.8) is 0 Å². The normalized spacial score (nSPS) is 18.4. The van der Waals surface area contributed by atoms with Crippen LogP contribution in [0.5, 0.6) is 0 Å². The molecule has 1 N–H and O–H groups in total. The van der Waals surface area contributed by atoms with Crippen molar-refractivity contribution in [2.24, 2.45) is 11.3 Å². The number of carbonyl (C=O) groups excluding carboxylic acids is 1. The molecule has 15 heavy (non-hydrogen) atoms. The molecule has 0 saturated carbocycles. The Morgan fingerprint density at radius 3 is 2.27 bits per heavy atom. The van der Waals surface area contributed by atoms with E-state index in [0.29, 0.717) is 12.5 Å². The van der Waals surface area contributed by atoms with Crippen LogP contribution < -0.4 is 0 Å². The number of hydrogen-bond donors (Lipinski definition) is 1. The molecule has 0 spiro atoms. The van der Waals surface area contributed by atoms with Crippen molar-refractivity contribution < 1.29 is 19.4 Å². The Kier molecular flexibility index (Phi) is 3.34. The van der Waals surface area contributed by atoms with E-state index in [9.17, 15) is 9.59 Å². The van der Waals surface area contributed by atoms with Crippen molar-refractivity contribution in [3.05, 3.63) is 0 Å². The number of hydrogen-bond acceptors (Lipinski definition) is 3. The van der Waals surface area contributed by atoms with E-state index in [1.807, 2.05) is 13.8 Å². The van der Waals surface area contributed by atoms with E-state index in [2.05, 4.69) is 0 Å². The molecule has 0 bridgehead atoms. The van der Waals surface area contributed by atoms with Crippen LogP contribution in [0.25, 0.3) is 0 Å². The molecule has 86 valence electrons. The zero-order valence-electron chi connectivity index (χ0n) is 9.32. The van der Waals surface area contributed by atoms with Crippen molar-refractivity contribution in [2.75, 3.05) is 26.8 Å². The van der Waals surface area contributed by atoms with Gasteiger partial charge in [0.15, 0.2) is 5.41 Å². The first-order chi connectivity index (χ1) is 6.90. The Hall–Kier alpha value is -1.10. The molecule has 0 radical (unpaired) electrons. The molecule has 0 atom stereocenters. The predicted molar refractivity (Wildman–Crippen MR) is 53.4 cm³/mol. The first-order valence-electron chi connectivity index (χ1n) is 4.97. The Bertz CT molecular complexity index is 271. The topological polar surface area (TPSA) is 66.8 Å². The lowest BCUT2D eigenvalue weighted by molar-refractivity contribution is -0.190. The summed E-state index contributed by atoms with van der Waals surface area (Å²) < 4.78 is 4.85. The summed E-state index contributed by atoms with van der Waals surface area (Å²) in [7, 11) is 1.63. The zero-order chi connectivity index (χ0) is 11.6. The van der Waals surface area contributed by atoms with Gasteiger partial charge < -0.3 is 14.7 Å². The van der Waals surface area contributed by atoms with Crippen LogP contribution in [0.4, 0.5) is 0 Å². The average Bonchev–Trinajstić information content (AvgIpc) is 1.99. The smallest absolute Gasteiger partial charge is 0.324 e. The maximum Gasteiger partial charge on any atom is 0.324 e. The van der Waals surface area contributed by atoms with Gasteiger partial charge in [-0.3, -0.25) is 9.59 Å². The number of amides is 1. The van der Waals surface area contributed by atoms with Gasteiger partial charge in [-0.15, -0.1) is 0 Å². The maximum atomic E-state index is 11.9. The quantitative estimate of drug-likeness (QED) is 0.680. The van der Waals surface area contributed by atoms with Gasteiger partial charge in [0.05, 0.1) is 13.2 Å². The highest BCUT2D eigenvalue weighted by Gasteiger charge is 2.54. The minimum Gasteiger partial charge on any atom is -0.480 e. The van der Waals surface area contributed by atoms with Crippen LogP contribution in [-0.2, 0) is 14.3 Å². The number of ether oxygens (including phenoxy) is 1. The van der Waals surface area contributed by atoms with Crippen molar-refractivity contribution in [3.8, 4) is 0 Å². The summed E-state index contributed by atoms with van der Waals surface area (Å²) in [6.07, 6.45) is 0. The minimum absolute atomic E-state index is 0.0103. The van der Waals surface area contributed by atoms with Gasteiger partial charge in [0.1, 0.15) is 0 Å². The molecule has 0 aromatic rings. The lowest BCUT2D eigenvalue weighted by atomic mass is 9.84. The van der Waals surface area contributed by atoms with Crippen LogP contribution in [0.15, 0.2) is 0 Å². The highest BCUT2D eigenvalue weighted by Crippen LogP contribution is 2.30. The van der Waals surface area contributed by atoms with Crippen LogP contribution in [-0.4, -0.2) is 48.7 Å². The van der Waals surface area contributed by atoms with Crippen molar-refractivity contribution >= 4 is 11.9 Å². The molecule has 1 fully saturated rings. The van der Waals surface area contributed by atoms with Crippen LogP contribution in [0, 0.1) is 11.3 Å². The molecule has 1 aliphatic heterocycles. The van der Waals surface area contributed by atoms with Crippen LogP contribution in [0.1, 0.15) is 13.8 Å². The van der Waals surface area contributed by atoms with E-state index in [-0.39, 0.29) is 19.1 Å². The highest BCUT2D eigenvalue weighted by molar-refractivity contribution is 6.03. The summed E-state index contributed by atoms with van der Waals surface area (Å²) in [5.41, 5.74) is -1.33. The third kappa shape index (κ3) is 2.12. The number of aliphatic carboxylic acids is 1. The van der Waals surface area contributed by atoms with Gasteiger partial charge in [0.2, 0.25) is 5.91 Å². The number of carboxylic acids is 1. The fourth-order valence-corrected chi connectivity index (χ4v) is 1.64. The van der Waals surface area contributed by atoms with Gasteiger partial charge in [-0.05, 0) is 5.92 Å². The molecule has 1 amide bonds. The monoisotopic (exact) mass is 215 g/mol. The number of carbonyl (C=O) groups is 2. The molecule has 5 nitrogen and oxygen atoms in total. The fourth-order valence-electron chi connectivity index (χ4n) is 1.64. The van der Waals surface area contributed by atoms with E-state index < -0.39 is 11.4 Å². The largest absolute Gasteiger partial charge is 0.480 e. The van der Waals surface area contributed by atoms with Crippen molar-refractivity contribution in [1.29, 1.82) is 0 Å². The van der Waals surface area contributed by atoms with Gasteiger partial charge >= 0.3 is 5.97 Å². The maximum absolute atomic E-state index is 11.9. The summed E-state index contributed by atoms with van der Waals surface area (Å²) in [6, 6.07) is 0. The first-order valence-corrected chi connectivity index (χ1v) is 4.97. The average molecular weight is 215 g/mol. The molecule has 1 saturated heterocycles. The predicted octanol–water partition coefficient (Wildman–Crippen LogP) is 0.202. The summed E-state index contributed by atoms with van der Waals surface area (Å²) in [5.74, 6) is -1.12. The summed E-state index contributed by atoms with van der Waals surface area (Å²) in [5, 5.41) is 9.01. The van der Waals surface area contributed by atoms with E-state index in [0.717, 1.165) is 0 Å². The Morgan fingerprint density at radius 2 is 2.00 bits per heavy atom. The van der Waals surface area contributed by atoms with Crippen LogP contribution in [0.2, 0.25) is 0 Å². The van der Waals surface area contributed by atoms with Crippen molar-refractivity contribution in [2.45, 2.75) is 13.8 Å². The SMILES string of the molecule is CC(C)CN(C)C(=O)C1(C(=O)O)COC1. The van der Waals surface area contributed by atoms with E-state index in [4.69, 9.17) is 9.84 Å². The molecule has 1 heterocycles. The lowest BCUT2D eigenvalue weighted by Crippen LogP contribution is -2.59. The Labute approximate surface area is 89.0 Å². The molecule has 0 aliphatic carbocycles. The van der Waals surface area contributed by atoms with Gasteiger partial charge in [0, 0.05) is 13.6 Å². The number of carboxylic acid groups (broad SMARTS) is 1. The Balaban J connectivity index is 2.69. The first kappa shape index (κ1) is 12.0. The molecule has 0 aromatic heterocycles. The fraction of sp³-hybridized carbons (Fsp3) is 0.800. The summed E-state index contributed by atoms with van der Waals surface area (Å²) in [6.45, 7) is 4.50. The third-order valence-electron chi connectivity index (χ3n) is 2.50. The second-order valence-electron chi connectivity index (χ2n) is 4.46.